The van der Waals surface area contributed by atoms with Gasteiger partial charge in [0.1, 0.15) is 12.7 Å². The highest BCUT2D eigenvalue weighted by Crippen LogP contribution is 2.35. The Morgan fingerprint density at radius 3 is 2.66 bits per heavy atom. The monoisotopic (exact) mass is 459 g/mol. The van der Waals surface area contributed by atoms with Crippen LogP contribution in [-0.4, -0.2) is 52.2 Å². The van der Waals surface area contributed by atoms with E-state index in [4.69, 9.17) is 14.2 Å². The van der Waals surface area contributed by atoms with E-state index in [9.17, 15) is 24.5 Å². The van der Waals surface area contributed by atoms with Gasteiger partial charge in [-0.25, -0.2) is 4.98 Å². The first-order valence-electron chi connectivity index (χ1n) is 9.19. The minimum absolute atomic E-state index is 0.127. The Labute approximate surface area is 186 Å². The first-order valence-corrected chi connectivity index (χ1v) is 10.0. The molecule has 2 amide bonds. The third kappa shape index (κ3) is 5.21. The number of esters is 1. The van der Waals surface area contributed by atoms with Gasteiger partial charge in [-0.15, -0.1) is 0 Å². The van der Waals surface area contributed by atoms with Gasteiger partial charge >= 0.3 is 5.97 Å². The summed E-state index contributed by atoms with van der Waals surface area (Å²) in [6.45, 7) is 1.33. The smallest absolute Gasteiger partial charge is 0.326 e. The largest absolute Gasteiger partial charge is 0.493 e. The lowest BCUT2D eigenvalue weighted by Crippen LogP contribution is -2.34. The van der Waals surface area contributed by atoms with E-state index in [1.807, 2.05) is 0 Å². The number of pyridine rings is 1. The molecule has 0 radical (unpaired) electrons. The highest BCUT2D eigenvalue weighted by molar-refractivity contribution is 8.18. The lowest BCUT2D eigenvalue weighted by molar-refractivity contribution is -0.385. The molecule has 0 bridgehead atoms. The molecular weight excluding hydrogens is 442 g/mol. The van der Waals surface area contributed by atoms with Crippen molar-refractivity contribution < 1.29 is 33.5 Å². The van der Waals surface area contributed by atoms with Crippen LogP contribution in [0.4, 0.5) is 10.5 Å². The Kier molecular flexibility index (Phi) is 7.05. The second-order valence-electron chi connectivity index (χ2n) is 6.20. The van der Waals surface area contributed by atoms with Crippen LogP contribution < -0.4 is 9.47 Å². The summed E-state index contributed by atoms with van der Waals surface area (Å²) >= 11 is 0.714. The highest BCUT2D eigenvalue weighted by atomic mass is 32.2. The summed E-state index contributed by atoms with van der Waals surface area (Å²) in [5.41, 5.74) is 0.379. The van der Waals surface area contributed by atoms with Crippen LogP contribution in [0, 0.1) is 10.1 Å². The van der Waals surface area contributed by atoms with Crippen molar-refractivity contribution in [3.05, 3.63) is 57.1 Å². The number of ether oxygens (including phenoxy) is 3. The first-order chi connectivity index (χ1) is 15.3. The summed E-state index contributed by atoms with van der Waals surface area (Å²) in [5.74, 6) is -0.533. The molecule has 0 N–H and O–H groups in total. The SMILES string of the molecule is CCOC(=O)CN1C(=O)S/C(=C\c2ccc(Oc3ccc([N+](=O)[O-])cn3)c(OC)c2)C1=O. The predicted octanol–water partition coefficient (Wildman–Crippen LogP) is 3.39. The minimum atomic E-state index is -0.668. The summed E-state index contributed by atoms with van der Waals surface area (Å²) in [4.78, 5) is 51.2. The Bertz CT molecular complexity index is 1100. The van der Waals surface area contributed by atoms with Gasteiger partial charge in [-0.2, -0.15) is 0 Å². The number of thioether (sulfide) groups is 1. The van der Waals surface area contributed by atoms with Gasteiger partial charge in [-0.1, -0.05) is 6.07 Å². The molecule has 2 heterocycles. The molecule has 166 valence electrons. The van der Waals surface area contributed by atoms with Crippen LogP contribution >= 0.6 is 11.8 Å². The lowest BCUT2D eigenvalue weighted by atomic mass is 10.2. The van der Waals surface area contributed by atoms with Gasteiger partial charge < -0.3 is 14.2 Å². The molecule has 1 saturated heterocycles. The molecular formula is C20H17N3O8S. The van der Waals surface area contributed by atoms with Gasteiger partial charge in [0.05, 0.1) is 23.5 Å². The number of imide groups is 1. The van der Waals surface area contributed by atoms with E-state index in [1.165, 1.54) is 25.3 Å². The zero-order valence-electron chi connectivity index (χ0n) is 17.0. The first kappa shape index (κ1) is 22.7. The molecule has 1 aliphatic rings. The van der Waals surface area contributed by atoms with E-state index in [2.05, 4.69) is 4.98 Å². The summed E-state index contributed by atoms with van der Waals surface area (Å²) in [7, 11) is 1.42. The van der Waals surface area contributed by atoms with E-state index in [0.717, 1.165) is 11.1 Å². The standard InChI is InChI=1S/C20H17N3O8S/c1-3-30-18(24)11-22-19(25)16(32-20(22)26)9-12-4-6-14(15(8-12)29-2)31-17-7-5-13(10-21-17)23(27)28/h4-10H,3,11H2,1-2H3/b16-9-. The van der Waals surface area contributed by atoms with E-state index >= 15 is 0 Å². The number of methoxy groups -OCH3 is 1. The summed E-state index contributed by atoms with van der Waals surface area (Å²) < 4.78 is 15.7. The van der Waals surface area contributed by atoms with Crippen LogP contribution in [0.3, 0.4) is 0 Å². The van der Waals surface area contributed by atoms with Gasteiger partial charge in [0.2, 0.25) is 5.88 Å². The maximum Gasteiger partial charge on any atom is 0.326 e. The Morgan fingerprint density at radius 2 is 2.03 bits per heavy atom. The van der Waals surface area contributed by atoms with Crippen molar-refractivity contribution in [3.8, 4) is 17.4 Å². The molecule has 1 aliphatic heterocycles. The van der Waals surface area contributed by atoms with Crippen LogP contribution in [0.15, 0.2) is 41.4 Å². The molecule has 11 nitrogen and oxygen atoms in total. The molecule has 1 aromatic heterocycles. The summed E-state index contributed by atoms with van der Waals surface area (Å²) in [6.07, 6.45) is 2.56. The minimum Gasteiger partial charge on any atom is -0.493 e. The number of benzene rings is 1. The molecule has 12 heteroatoms. The fourth-order valence-electron chi connectivity index (χ4n) is 2.64. The van der Waals surface area contributed by atoms with E-state index in [-0.39, 0.29) is 23.1 Å². The third-order valence-electron chi connectivity index (χ3n) is 4.10. The molecule has 32 heavy (non-hydrogen) atoms. The maximum absolute atomic E-state index is 12.5. The number of amides is 2. The molecule has 3 rings (SSSR count). The number of carbonyl (C=O) groups excluding carboxylic acids is 3. The van der Waals surface area contributed by atoms with Crippen LogP contribution in [0.1, 0.15) is 12.5 Å². The lowest BCUT2D eigenvalue weighted by Gasteiger charge is -2.11. The number of nitrogens with zero attached hydrogens (tertiary/aromatic N) is 3. The number of hydrogen-bond acceptors (Lipinski definition) is 10. The molecule has 0 saturated carbocycles. The third-order valence-corrected chi connectivity index (χ3v) is 5.01. The van der Waals surface area contributed by atoms with Crippen molar-refractivity contribution >= 4 is 40.6 Å². The van der Waals surface area contributed by atoms with Gasteiger partial charge in [0, 0.05) is 12.1 Å². The Hall–Kier alpha value is -3.93. The zero-order valence-corrected chi connectivity index (χ0v) is 17.8. The van der Waals surface area contributed by atoms with Crippen molar-refractivity contribution in [2.24, 2.45) is 0 Å². The van der Waals surface area contributed by atoms with Crippen LogP contribution in [-0.2, 0) is 14.3 Å². The molecule has 0 atom stereocenters. The second kappa shape index (κ2) is 9.92. The highest BCUT2D eigenvalue weighted by Gasteiger charge is 2.36. The van der Waals surface area contributed by atoms with Crippen LogP contribution in [0.25, 0.3) is 6.08 Å². The predicted molar refractivity (Wildman–Crippen MR) is 113 cm³/mol. The maximum atomic E-state index is 12.5. The Balaban J connectivity index is 1.77. The van der Waals surface area contributed by atoms with Gasteiger partial charge in [-0.3, -0.25) is 29.4 Å². The number of nitro groups is 1. The van der Waals surface area contributed by atoms with Gasteiger partial charge in [0.25, 0.3) is 16.8 Å². The van der Waals surface area contributed by atoms with Gasteiger partial charge in [0.15, 0.2) is 11.5 Å². The summed E-state index contributed by atoms with van der Waals surface area (Å²) in [5, 5.41) is 10.2. The van der Waals surface area contributed by atoms with Crippen molar-refractivity contribution in [2.45, 2.75) is 6.92 Å². The molecule has 0 unspecified atom stereocenters. The number of rotatable bonds is 8. The molecule has 1 fully saturated rings. The molecule has 0 aliphatic carbocycles. The van der Waals surface area contributed by atoms with Crippen LogP contribution in [0.5, 0.6) is 17.4 Å². The van der Waals surface area contributed by atoms with Crippen LogP contribution in [0.2, 0.25) is 0 Å². The Morgan fingerprint density at radius 1 is 1.25 bits per heavy atom. The second-order valence-corrected chi connectivity index (χ2v) is 7.19. The number of carbonyl (C=O) groups is 3. The fraction of sp³-hybridized carbons (Fsp3) is 0.200. The average molecular weight is 459 g/mol. The summed E-state index contributed by atoms with van der Waals surface area (Å²) in [6, 6.07) is 7.39. The fourth-order valence-corrected chi connectivity index (χ4v) is 3.47. The topological polar surface area (TPSA) is 138 Å². The zero-order chi connectivity index (χ0) is 23.3. The van der Waals surface area contributed by atoms with E-state index in [1.54, 1.807) is 25.1 Å². The number of hydrogen-bond donors (Lipinski definition) is 0. The molecule has 1 aromatic carbocycles. The van der Waals surface area contributed by atoms with E-state index < -0.39 is 28.6 Å². The van der Waals surface area contributed by atoms with Crippen molar-refractivity contribution in [1.29, 1.82) is 0 Å². The molecule has 0 spiro atoms. The van der Waals surface area contributed by atoms with E-state index in [0.29, 0.717) is 28.8 Å². The van der Waals surface area contributed by atoms with Crippen molar-refractivity contribution in [1.82, 2.24) is 9.88 Å². The molecule has 2 aromatic rings. The van der Waals surface area contributed by atoms with Crippen molar-refractivity contribution in [2.75, 3.05) is 20.3 Å². The van der Waals surface area contributed by atoms with Gasteiger partial charge in [-0.05, 0) is 42.5 Å². The quantitative estimate of drug-likeness (QED) is 0.250. The normalized spacial score (nSPS) is 14.6. The number of aromatic nitrogens is 1. The van der Waals surface area contributed by atoms with Crippen molar-refractivity contribution in [3.63, 3.8) is 0 Å². The average Bonchev–Trinajstić information content (AvgIpc) is 3.02.